The third kappa shape index (κ3) is 3.31. The molecular weight excluding hydrogens is 312 g/mol. The third-order valence-electron chi connectivity index (χ3n) is 4.77. The topological polar surface area (TPSA) is 54.0 Å². The standard InChI is InChI=1S/C20H24N4O/c1-3-11-24(13-14-7-8-14)20-21-19(22-23-20)18-6-4-5-15-12-16(25-2)9-10-17(15)18/h4-6,9-10,12,14H,3,7-8,11,13H2,1-2H3,(H,21,22,23). The molecule has 1 fully saturated rings. The molecule has 0 radical (unpaired) electrons. The zero-order valence-corrected chi connectivity index (χ0v) is 14.8. The van der Waals surface area contributed by atoms with Crippen molar-refractivity contribution in [3.05, 3.63) is 36.4 Å². The number of ether oxygens (including phenoxy) is 1. The summed E-state index contributed by atoms with van der Waals surface area (Å²) >= 11 is 0. The Morgan fingerprint density at radius 3 is 2.88 bits per heavy atom. The Kier molecular flexibility index (Phi) is 4.30. The Balaban J connectivity index is 1.68. The highest BCUT2D eigenvalue weighted by Crippen LogP contribution is 2.32. The molecule has 0 spiro atoms. The maximum atomic E-state index is 5.33. The smallest absolute Gasteiger partial charge is 0.245 e. The highest BCUT2D eigenvalue weighted by atomic mass is 16.5. The van der Waals surface area contributed by atoms with Gasteiger partial charge < -0.3 is 9.64 Å². The van der Waals surface area contributed by atoms with Gasteiger partial charge in [0.15, 0.2) is 5.82 Å². The molecule has 0 saturated heterocycles. The molecule has 1 aliphatic rings. The van der Waals surface area contributed by atoms with Crippen molar-refractivity contribution in [2.24, 2.45) is 5.92 Å². The summed E-state index contributed by atoms with van der Waals surface area (Å²) in [5.41, 5.74) is 1.07. The van der Waals surface area contributed by atoms with Gasteiger partial charge in [-0.2, -0.15) is 4.98 Å². The normalized spacial score (nSPS) is 14.0. The summed E-state index contributed by atoms with van der Waals surface area (Å²) in [6, 6.07) is 12.3. The van der Waals surface area contributed by atoms with Gasteiger partial charge in [-0.05, 0) is 54.2 Å². The van der Waals surface area contributed by atoms with Crippen LogP contribution in [0.5, 0.6) is 5.75 Å². The van der Waals surface area contributed by atoms with Crippen LogP contribution in [0.25, 0.3) is 22.2 Å². The number of aromatic nitrogens is 3. The Morgan fingerprint density at radius 1 is 1.24 bits per heavy atom. The zero-order chi connectivity index (χ0) is 17.2. The predicted octanol–water partition coefficient (Wildman–Crippen LogP) is 4.26. The maximum absolute atomic E-state index is 5.33. The van der Waals surface area contributed by atoms with Crippen LogP contribution in [-0.4, -0.2) is 35.4 Å². The molecule has 130 valence electrons. The SMILES string of the molecule is CCCN(CC1CC1)c1n[nH]c(-c2cccc3cc(OC)ccc23)n1. The van der Waals surface area contributed by atoms with Crippen LogP contribution in [-0.2, 0) is 0 Å². The Bertz CT molecular complexity index is 869. The minimum absolute atomic E-state index is 0.814. The molecule has 1 saturated carbocycles. The Morgan fingerprint density at radius 2 is 2.12 bits per heavy atom. The van der Waals surface area contributed by atoms with E-state index in [0.29, 0.717) is 0 Å². The van der Waals surface area contributed by atoms with Gasteiger partial charge in [-0.15, -0.1) is 5.10 Å². The highest BCUT2D eigenvalue weighted by molar-refractivity contribution is 5.95. The van der Waals surface area contributed by atoms with E-state index >= 15 is 0 Å². The minimum atomic E-state index is 0.814. The first-order valence-corrected chi connectivity index (χ1v) is 9.03. The molecule has 4 rings (SSSR count). The number of anilines is 1. The first-order valence-electron chi connectivity index (χ1n) is 9.03. The molecule has 5 heteroatoms. The fraction of sp³-hybridized carbons (Fsp3) is 0.400. The summed E-state index contributed by atoms with van der Waals surface area (Å²) in [6.45, 7) is 4.27. The van der Waals surface area contributed by atoms with Crippen molar-refractivity contribution in [1.29, 1.82) is 0 Å². The van der Waals surface area contributed by atoms with Crippen molar-refractivity contribution in [3.8, 4) is 17.1 Å². The van der Waals surface area contributed by atoms with E-state index in [0.717, 1.165) is 59.3 Å². The van der Waals surface area contributed by atoms with Gasteiger partial charge in [0.1, 0.15) is 5.75 Å². The summed E-state index contributed by atoms with van der Waals surface area (Å²) in [5.74, 6) is 3.32. The highest BCUT2D eigenvalue weighted by Gasteiger charge is 2.26. The second-order valence-electron chi connectivity index (χ2n) is 6.77. The molecule has 0 atom stereocenters. The molecule has 0 aliphatic heterocycles. The number of methoxy groups -OCH3 is 1. The fourth-order valence-electron chi connectivity index (χ4n) is 3.27. The van der Waals surface area contributed by atoms with Gasteiger partial charge in [0, 0.05) is 18.7 Å². The molecular formula is C20H24N4O. The number of aromatic amines is 1. The summed E-state index contributed by atoms with van der Waals surface area (Å²) in [7, 11) is 1.69. The lowest BCUT2D eigenvalue weighted by atomic mass is 10.0. The van der Waals surface area contributed by atoms with Crippen molar-refractivity contribution in [2.75, 3.05) is 25.1 Å². The largest absolute Gasteiger partial charge is 0.497 e. The number of fused-ring (bicyclic) bond motifs is 1. The molecule has 1 aliphatic carbocycles. The van der Waals surface area contributed by atoms with Crippen LogP contribution in [0.1, 0.15) is 26.2 Å². The van der Waals surface area contributed by atoms with Crippen molar-refractivity contribution < 1.29 is 4.74 Å². The number of benzene rings is 2. The quantitative estimate of drug-likeness (QED) is 0.700. The van der Waals surface area contributed by atoms with Gasteiger partial charge in [0.05, 0.1) is 7.11 Å². The van der Waals surface area contributed by atoms with E-state index in [1.807, 2.05) is 18.2 Å². The van der Waals surface area contributed by atoms with E-state index in [1.54, 1.807) is 7.11 Å². The van der Waals surface area contributed by atoms with Gasteiger partial charge in [-0.3, -0.25) is 5.10 Å². The van der Waals surface area contributed by atoms with Gasteiger partial charge in [0.2, 0.25) is 5.95 Å². The molecule has 0 unspecified atom stereocenters. The predicted molar refractivity (Wildman–Crippen MR) is 101 cm³/mol. The van der Waals surface area contributed by atoms with Crippen LogP contribution in [0.2, 0.25) is 0 Å². The number of nitrogens with one attached hydrogen (secondary N) is 1. The number of nitrogens with zero attached hydrogens (tertiary/aromatic N) is 3. The average Bonchev–Trinajstić information content (AvgIpc) is 3.33. The summed E-state index contributed by atoms with van der Waals surface area (Å²) in [6.07, 6.45) is 3.77. The average molecular weight is 336 g/mol. The second-order valence-corrected chi connectivity index (χ2v) is 6.77. The first-order chi connectivity index (χ1) is 12.3. The van der Waals surface area contributed by atoms with Crippen LogP contribution in [0.3, 0.4) is 0 Å². The maximum Gasteiger partial charge on any atom is 0.245 e. The first kappa shape index (κ1) is 15.9. The molecule has 25 heavy (non-hydrogen) atoms. The van der Waals surface area contributed by atoms with Crippen molar-refractivity contribution in [3.63, 3.8) is 0 Å². The Hall–Kier alpha value is -2.56. The monoisotopic (exact) mass is 336 g/mol. The van der Waals surface area contributed by atoms with E-state index < -0.39 is 0 Å². The van der Waals surface area contributed by atoms with E-state index in [-0.39, 0.29) is 0 Å². The lowest BCUT2D eigenvalue weighted by molar-refractivity contribution is 0.415. The van der Waals surface area contributed by atoms with Crippen LogP contribution >= 0.6 is 0 Å². The molecule has 2 aromatic carbocycles. The molecule has 0 bridgehead atoms. The lowest BCUT2D eigenvalue weighted by Crippen LogP contribution is -2.27. The number of rotatable bonds is 7. The molecule has 3 aromatic rings. The summed E-state index contributed by atoms with van der Waals surface area (Å²) < 4.78 is 5.33. The van der Waals surface area contributed by atoms with Gasteiger partial charge in [-0.25, -0.2) is 0 Å². The fourth-order valence-corrected chi connectivity index (χ4v) is 3.27. The molecule has 0 amide bonds. The van der Waals surface area contributed by atoms with Crippen LogP contribution in [0, 0.1) is 5.92 Å². The van der Waals surface area contributed by atoms with E-state index in [4.69, 9.17) is 9.72 Å². The minimum Gasteiger partial charge on any atom is -0.497 e. The number of hydrogen-bond acceptors (Lipinski definition) is 4. The third-order valence-corrected chi connectivity index (χ3v) is 4.77. The van der Waals surface area contributed by atoms with Crippen LogP contribution in [0.15, 0.2) is 36.4 Å². The molecule has 1 heterocycles. The number of hydrogen-bond donors (Lipinski definition) is 1. The molecule has 1 aromatic heterocycles. The van der Waals surface area contributed by atoms with Crippen LogP contribution in [0.4, 0.5) is 5.95 Å². The van der Waals surface area contributed by atoms with Gasteiger partial charge >= 0.3 is 0 Å². The molecule has 5 nitrogen and oxygen atoms in total. The lowest BCUT2D eigenvalue weighted by Gasteiger charge is -2.19. The second kappa shape index (κ2) is 6.75. The van der Waals surface area contributed by atoms with Crippen molar-refractivity contribution >= 4 is 16.7 Å². The van der Waals surface area contributed by atoms with Gasteiger partial charge in [-0.1, -0.05) is 25.1 Å². The van der Waals surface area contributed by atoms with Crippen LogP contribution < -0.4 is 9.64 Å². The van der Waals surface area contributed by atoms with Crippen molar-refractivity contribution in [1.82, 2.24) is 15.2 Å². The van der Waals surface area contributed by atoms with E-state index in [2.05, 4.69) is 40.2 Å². The van der Waals surface area contributed by atoms with E-state index in [9.17, 15) is 0 Å². The van der Waals surface area contributed by atoms with Crippen molar-refractivity contribution in [2.45, 2.75) is 26.2 Å². The summed E-state index contributed by atoms with van der Waals surface area (Å²) in [4.78, 5) is 7.11. The van der Waals surface area contributed by atoms with E-state index in [1.165, 1.54) is 12.8 Å². The number of H-pyrrole nitrogens is 1. The Labute approximate surface area is 148 Å². The van der Waals surface area contributed by atoms with Gasteiger partial charge in [0.25, 0.3) is 0 Å². The summed E-state index contributed by atoms with van der Waals surface area (Å²) in [5, 5.41) is 9.92. The molecule has 1 N–H and O–H groups in total. The zero-order valence-electron chi connectivity index (χ0n) is 14.8.